The molecule has 0 aromatic heterocycles. The average Bonchev–Trinajstić information content (AvgIpc) is 2.84. The highest BCUT2D eigenvalue weighted by Crippen LogP contribution is 2.37. The lowest BCUT2D eigenvalue weighted by Gasteiger charge is -2.14. The molecule has 0 unspecified atom stereocenters. The molecule has 0 saturated carbocycles. The zero-order chi connectivity index (χ0) is 9.43. The molecule has 1 aromatic carbocycles. The Kier molecular flexibility index (Phi) is 1.85. The third-order valence-corrected chi connectivity index (χ3v) is 3.20. The molecule has 1 atom stereocenters. The summed E-state index contributed by atoms with van der Waals surface area (Å²) in [4.78, 5) is 2.49. The molecule has 0 radical (unpaired) electrons. The van der Waals surface area contributed by atoms with Crippen LogP contribution in [0.2, 0.25) is 0 Å². The van der Waals surface area contributed by atoms with Gasteiger partial charge >= 0.3 is 0 Å². The smallest absolute Gasteiger partial charge is 0.105 e. The van der Waals surface area contributed by atoms with E-state index in [2.05, 4.69) is 35.2 Å². The molecule has 2 nitrogen and oxygen atoms in total. The molecular formula is C12H15NO. The molecule has 1 spiro atoms. The summed E-state index contributed by atoms with van der Waals surface area (Å²) >= 11 is 0. The van der Waals surface area contributed by atoms with Gasteiger partial charge in [0.15, 0.2) is 0 Å². The second-order valence-electron chi connectivity index (χ2n) is 4.42. The Hall–Kier alpha value is -0.860. The van der Waals surface area contributed by atoms with Gasteiger partial charge in [0.1, 0.15) is 5.60 Å². The number of ether oxygens (including phenoxy) is 1. The van der Waals surface area contributed by atoms with Gasteiger partial charge in [-0.25, -0.2) is 0 Å². The van der Waals surface area contributed by atoms with Crippen LogP contribution in [0.15, 0.2) is 30.3 Å². The Morgan fingerprint density at radius 2 is 2.07 bits per heavy atom. The number of rotatable bonds is 2. The van der Waals surface area contributed by atoms with Gasteiger partial charge in [-0.2, -0.15) is 0 Å². The Morgan fingerprint density at radius 3 is 2.71 bits per heavy atom. The first-order valence-electron chi connectivity index (χ1n) is 5.27. The predicted octanol–water partition coefficient (Wildman–Crippen LogP) is 1.66. The number of likely N-dealkylation sites (tertiary alicyclic amines) is 1. The van der Waals surface area contributed by atoms with Crippen LogP contribution in [-0.4, -0.2) is 30.2 Å². The highest BCUT2D eigenvalue weighted by molar-refractivity contribution is 5.15. The van der Waals surface area contributed by atoms with Crippen molar-refractivity contribution in [3.8, 4) is 0 Å². The van der Waals surface area contributed by atoms with Crippen molar-refractivity contribution in [1.29, 1.82) is 0 Å². The molecule has 14 heavy (non-hydrogen) atoms. The fourth-order valence-electron chi connectivity index (χ4n) is 2.24. The molecule has 1 aromatic rings. The van der Waals surface area contributed by atoms with Crippen molar-refractivity contribution in [2.45, 2.75) is 18.6 Å². The summed E-state index contributed by atoms with van der Waals surface area (Å²) in [5, 5.41) is 0. The van der Waals surface area contributed by atoms with Gasteiger partial charge in [-0.15, -0.1) is 0 Å². The Bertz CT molecular complexity index is 318. The Labute approximate surface area is 84.5 Å². The van der Waals surface area contributed by atoms with Crippen molar-refractivity contribution in [2.75, 3.05) is 19.7 Å². The average molecular weight is 189 g/mol. The minimum atomic E-state index is 0.273. The largest absolute Gasteiger partial charge is 0.368 e. The quantitative estimate of drug-likeness (QED) is 0.658. The minimum Gasteiger partial charge on any atom is -0.368 e. The predicted molar refractivity (Wildman–Crippen MR) is 55.0 cm³/mol. The van der Waals surface area contributed by atoms with Crippen LogP contribution in [-0.2, 0) is 11.3 Å². The zero-order valence-electron chi connectivity index (χ0n) is 8.28. The lowest BCUT2D eigenvalue weighted by Crippen LogP contribution is -2.22. The molecule has 2 saturated heterocycles. The van der Waals surface area contributed by atoms with Gasteiger partial charge in [0.25, 0.3) is 0 Å². The molecule has 2 aliphatic heterocycles. The maximum atomic E-state index is 5.48. The van der Waals surface area contributed by atoms with Crippen molar-refractivity contribution < 1.29 is 4.74 Å². The van der Waals surface area contributed by atoms with Gasteiger partial charge in [0.2, 0.25) is 0 Å². The van der Waals surface area contributed by atoms with E-state index in [-0.39, 0.29) is 5.60 Å². The van der Waals surface area contributed by atoms with Crippen molar-refractivity contribution in [3.05, 3.63) is 35.9 Å². The van der Waals surface area contributed by atoms with Gasteiger partial charge < -0.3 is 4.74 Å². The van der Waals surface area contributed by atoms with Gasteiger partial charge in [-0.1, -0.05) is 30.3 Å². The monoisotopic (exact) mass is 189 g/mol. The number of hydrogen-bond donors (Lipinski definition) is 0. The van der Waals surface area contributed by atoms with Gasteiger partial charge in [-0.05, 0) is 12.0 Å². The van der Waals surface area contributed by atoms with Crippen LogP contribution >= 0.6 is 0 Å². The van der Waals surface area contributed by atoms with Crippen LogP contribution in [0.25, 0.3) is 0 Å². The first kappa shape index (κ1) is 8.45. The van der Waals surface area contributed by atoms with Crippen LogP contribution < -0.4 is 0 Å². The van der Waals surface area contributed by atoms with Crippen LogP contribution in [0.4, 0.5) is 0 Å². The highest BCUT2D eigenvalue weighted by atomic mass is 16.6. The summed E-state index contributed by atoms with van der Waals surface area (Å²) in [6.07, 6.45) is 1.22. The zero-order valence-corrected chi connectivity index (χ0v) is 8.28. The maximum Gasteiger partial charge on any atom is 0.105 e. The fourth-order valence-corrected chi connectivity index (χ4v) is 2.24. The van der Waals surface area contributed by atoms with E-state index in [1.54, 1.807) is 0 Å². The molecule has 0 N–H and O–H groups in total. The molecule has 3 rings (SSSR count). The number of nitrogens with zero attached hydrogens (tertiary/aromatic N) is 1. The van der Waals surface area contributed by atoms with Crippen molar-refractivity contribution in [2.24, 2.45) is 0 Å². The molecule has 0 amide bonds. The van der Waals surface area contributed by atoms with Crippen LogP contribution in [0.3, 0.4) is 0 Å². The van der Waals surface area contributed by atoms with E-state index in [1.807, 2.05) is 0 Å². The summed E-state index contributed by atoms with van der Waals surface area (Å²) in [7, 11) is 0. The van der Waals surface area contributed by atoms with E-state index in [9.17, 15) is 0 Å². The summed E-state index contributed by atoms with van der Waals surface area (Å²) in [6, 6.07) is 10.7. The highest BCUT2D eigenvalue weighted by Gasteiger charge is 2.49. The minimum absolute atomic E-state index is 0.273. The normalized spacial score (nSPS) is 31.1. The number of benzene rings is 1. The summed E-state index contributed by atoms with van der Waals surface area (Å²) in [5.74, 6) is 0. The first-order valence-corrected chi connectivity index (χ1v) is 5.27. The maximum absolute atomic E-state index is 5.48. The molecule has 2 fully saturated rings. The number of hydrogen-bond acceptors (Lipinski definition) is 2. The first-order chi connectivity index (χ1) is 6.86. The van der Waals surface area contributed by atoms with Crippen LogP contribution in [0, 0.1) is 0 Å². The molecule has 74 valence electrons. The van der Waals surface area contributed by atoms with E-state index in [0.717, 1.165) is 19.7 Å². The standard InChI is InChI=1S/C12H15NO/c1-2-4-11(5-3-1)8-13-7-6-12(9-13)10-14-12/h1-5H,6-10H2/t12-/m1/s1. The van der Waals surface area contributed by atoms with Crippen molar-refractivity contribution in [3.63, 3.8) is 0 Å². The van der Waals surface area contributed by atoms with Gasteiger partial charge in [0, 0.05) is 19.6 Å². The Balaban J connectivity index is 1.63. The summed E-state index contributed by atoms with van der Waals surface area (Å²) in [6.45, 7) is 4.38. The lowest BCUT2D eigenvalue weighted by molar-refractivity contribution is 0.271. The van der Waals surface area contributed by atoms with E-state index in [1.165, 1.54) is 18.5 Å². The van der Waals surface area contributed by atoms with Crippen molar-refractivity contribution >= 4 is 0 Å². The molecular weight excluding hydrogens is 174 g/mol. The van der Waals surface area contributed by atoms with E-state index in [4.69, 9.17) is 4.74 Å². The molecule has 2 heterocycles. The molecule has 0 aliphatic carbocycles. The Morgan fingerprint density at radius 1 is 1.29 bits per heavy atom. The van der Waals surface area contributed by atoms with Crippen molar-refractivity contribution in [1.82, 2.24) is 4.90 Å². The molecule has 2 aliphatic rings. The van der Waals surface area contributed by atoms with E-state index in [0.29, 0.717) is 0 Å². The van der Waals surface area contributed by atoms with Gasteiger partial charge in [-0.3, -0.25) is 4.90 Å². The summed E-state index contributed by atoms with van der Waals surface area (Å²) < 4.78 is 5.48. The second-order valence-corrected chi connectivity index (χ2v) is 4.42. The summed E-state index contributed by atoms with van der Waals surface area (Å²) in [5.41, 5.74) is 1.68. The third-order valence-electron chi connectivity index (χ3n) is 3.20. The third kappa shape index (κ3) is 1.56. The van der Waals surface area contributed by atoms with Crippen LogP contribution in [0.5, 0.6) is 0 Å². The van der Waals surface area contributed by atoms with E-state index < -0.39 is 0 Å². The fraction of sp³-hybridized carbons (Fsp3) is 0.500. The van der Waals surface area contributed by atoms with Crippen LogP contribution in [0.1, 0.15) is 12.0 Å². The molecule has 0 bridgehead atoms. The topological polar surface area (TPSA) is 15.8 Å². The molecule has 2 heteroatoms. The second kappa shape index (κ2) is 3.07. The lowest BCUT2D eigenvalue weighted by atomic mass is 10.1. The number of epoxide rings is 1. The van der Waals surface area contributed by atoms with Gasteiger partial charge in [0.05, 0.1) is 6.61 Å². The van der Waals surface area contributed by atoms with E-state index >= 15 is 0 Å². The SMILES string of the molecule is c1ccc(CN2CC[C@]3(CO3)C2)cc1.